The van der Waals surface area contributed by atoms with Gasteiger partial charge in [-0.2, -0.15) is 0 Å². The molecule has 0 saturated carbocycles. The monoisotopic (exact) mass is 235 g/mol. The lowest BCUT2D eigenvalue weighted by molar-refractivity contribution is 0.432. The summed E-state index contributed by atoms with van der Waals surface area (Å²) in [5, 5.41) is 12.1. The van der Waals surface area contributed by atoms with Gasteiger partial charge in [0, 0.05) is 24.5 Å². The Morgan fingerprint density at radius 1 is 1.47 bits per heavy atom. The number of phenolic OH excluding ortho intramolecular Hbond substituents is 1. The third-order valence-electron chi connectivity index (χ3n) is 2.56. The molecule has 1 aromatic carbocycles. The maximum atomic E-state index is 13.1. The van der Waals surface area contributed by atoms with E-state index >= 15 is 0 Å². The Labute approximate surface area is 98.7 Å². The van der Waals surface area contributed by atoms with E-state index in [4.69, 9.17) is 5.11 Å². The zero-order chi connectivity index (χ0) is 12.3. The van der Waals surface area contributed by atoms with Crippen molar-refractivity contribution in [1.29, 1.82) is 0 Å². The first-order valence-corrected chi connectivity index (χ1v) is 5.42. The fourth-order valence-electron chi connectivity index (χ4n) is 1.59. The zero-order valence-electron chi connectivity index (χ0n) is 9.52. The van der Waals surface area contributed by atoms with Gasteiger partial charge in [0.25, 0.3) is 0 Å². The smallest absolute Gasteiger partial charge is 0.166 e. The molecule has 5 heteroatoms. The van der Waals surface area contributed by atoms with Crippen LogP contribution in [0.1, 0.15) is 12.6 Å². The number of nitrogens with one attached hydrogen (secondary N) is 1. The fourth-order valence-corrected chi connectivity index (χ4v) is 1.59. The van der Waals surface area contributed by atoms with Gasteiger partial charge in [-0.15, -0.1) is 0 Å². The van der Waals surface area contributed by atoms with Crippen molar-refractivity contribution < 1.29 is 9.50 Å². The first-order chi connectivity index (χ1) is 8.20. The van der Waals surface area contributed by atoms with Crippen LogP contribution in [0, 0.1) is 5.82 Å². The molecule has 0 unspecified atom stereocenters. The van der Waals surface area contributed by atoms with Crippen LogP contribution >= 0.6 is 0 Å². The summed E-state index contributed by atoms with van der Waals surface area (Å²) in [6, 6.07) is 4.22. The van der Waals surface area contributed by atoms with Gasteiger partial charge >= 0.3 is 0 Å². The van der Waals surface area contributed by atoms with Gasteiger partial charge < -0.3 is 15.0 Å². The van der Waals surface area contributed by atoms with Gasteiger partial charge in [-0.05, 0) is 19.1 Å². The van der Waals surface area contributed by atoms with Crippen molar-refractivity contribution in [3.8, 4) is 5.75 Å². The molecule has 2 aromatic rings. The minimum absolute atomic E-state index is 0.339. The van der Waals surface area contributed by atoms with Crippen LogP contribution in [0.4, 0.5) is 10.1 Å². The fraction of sp³-hybridized carbons (Fsp3) is 0.250. The maximum absolute atomic E-state index is 13.1. The second kappa shape index (κ2) is 4.86. The van der Waals surface area contributed by atoms with Gasteiger partial charge in [-0.3, -0.25) is 0 Å². The number of aryl methyl sites for hydroxylation is 1. The van der Waals surface area contributed by atoms with Crippen molar-refractivity contribution >= 4 is 5.69 Å². The average molecular weight is 235 g/mol. The molecular formula is C12H14FN3O. The third kappa shape index (κ3) is 2.55. The quantitative estimate of drug-likeness (QED) is 0.800. The summed E-state index contributed by atoms with van der Waals surface area (Å²) in [7, 11) is 0. The highest BCUT2D eigenvalue weighted by Gasteiger charge is 2.03. The molecule has 0 atom stereocenters. The molecule has 0 radical (unpaired) electrons. The van der Waals surface area contributed by atoms with Crippen LogP contribution in [-0.4, -0.2) is 14.7 Å². The van der Waals surface area contributed by atoms with E-state index in [-0.39, 0.29) is 5.75 Å². The average Bonchev–Trinajstić information content (AvgIpc) is 2.78. The molecule has 0 bridgehead atoms. The molecule has 1 aromatic heterocycles. The third-order valence-corrected chi connectivity index (χ3v) is 2.56. The minimum atomic E-state index is -0.626. The highest BCUT2D eigenvalue weighted by Crippen LogP contribution is 2.19. The van der Waals surface area contributed by atoms with Gasteiger partial charge in [-0.1, -0.05) is 0 Å². The number of hydrogen-bond acceptors (Lipinski definition) is 3. The molecule has 0 spiro atoms. The Balaban J connectivity index is 2.05. The first kappa shape index (κ1) is 11.4. The van der Waals surface area contributed by atoms with Gasteiger partial charge in [0.15, 0.2) is 11.6 Å². The maximum Gasteiger partial charge on any atom is 0.166 e. The van der Waals surface area contributed by atoms with E-state index in [2.05, 4.69) is 10.3 Å². The van der Waals surface area contributed by atoms with E-state index < -0.39 is 5.82 Å². The molecule has 4 nitrogen and oxygen atoms in total. The number of aromatic nitrogens is 2. The number of nitrogens with zero attached hydrogens (tertiary/aromatic N) is 2. The molecule has 0 amide bonds. The summed E-state index contributed by atoms with van der Waals surface area (Å²) in [5.74, 6) is -0.965. The predicted octanol–water partition coefficient (Wildman–Crippen LogP) is 2.36. The topological polar surface area (TPSA) is 50.1 Å². The number of phenols is 1. The molecule has 0 aliphatic rings. The summed E-state index contributed by atoms with van der Waals surface area (Å²) < 4.78 is 15.1. The van der Waals surface area contributed by atoms with Crippen LogP contribution in [0.25, 0.3) is 0 Å². The van der Waals surface area contributed by atoms with Crippen LogP contribution in [0.15, 0.2) is 30.7 Å². The Morgan fingerprint density at radius 3 is 3.00 bits per heavy atom. The van der Waals surface area contributed by atoms with Gasteiger partial charge in [0.05, 0.1) is 18.6 Å². The molecule has 2 N–H and O–H groups in total. The van der Waals surface area contributed by atoms with Gasteiger partial charge in [0.2, 0.25) is 0 Å². The van der Waals surface area contributed by atoms with E-state index in [1.807, 2.05) is 11.5 Å². The van der Waals surface area contributed by atoms with Crippen LogP contribution in [0.3, 0.4) is 0 Å². The summed E-state index contributed by atoms with van der Waals surface area (Å²) in [5.41, 5.74) is 1.66. The second-order valence-corrected chi connectivity index (χ2v) is 3.69. The number of hydrogen-bond donors (Lipinski definition) is 2. The zero-order valence-corrected chi connectivity index (χ0v) is 9.52. The summed E-state index contributed by atoms with van der Waals surface area (Å²) in [4.78, 5) is 4.05. The predicted molar refractivity (Wildman–Crippen MR) is 63.3 cm³/mol. The molecule has 0 fully saturated rings. The van der Waals surface area contributed by atoms with Crippen molar-refractivity contribution in [2.75, 3.05) is 5.32 Å². The van der Waals surface area contributed by atoms with Crippen molar-refractivity contribution in [3.05, 3.63) is 42.2 Å². The van der Waals surface area contributed by atoms with Crippen molar-refractivity contribution in [2.45, 2.75) is 20.0 Å². The van der Waals surface area contributed by atoms with Crippen molar-refractivity contribution in [2.24, 2.45) is 0 Å². The highest BCUT2D eigenvalue weighted by molar-refractivity contribution is 5.47. The minimum Gasteiger partial charge on any atom is -0.505 e. The summed E-state index contributed by atoms with van der Waals surface area (Å²) in [6.45, 7) is 3.45. The first-order valence-electron chi connectivity index (χ1n) is 5.42. The van der Waals surface area contributed by atoms with E-state index in [0.29, 0.717) is 12.2 Å². The van der Waals surface area contributed by atoms with Gasteiger partial charge in [-0.25, -0.2) is 9.37 Å². The van der Waals surface area contributed by atoms with Crippen LogP contribution in [-0.2, 0) is 13.1 Å². The number of anilines is 1. The number of rotatable bonds is 4. The Bertz CT molecular complexity index is 510. The lowest BCUT2D eigenvalue weighted by Gasteiger charge is -2.08. The van der Waals surface area contributed by atoms with Crippen LogP contribution in [0.5, 0.6) is 5.75 Å². The molecule has 90 valence electrons. The Hall–Kier alpha value is -2.04. The molecule has 0 saturated heterocycles. The van der Waals surface area contributed by atoms with E-state index in [1.54, 1.807) is 18.6 Å². The van der Waals surface area contributed by atoms with E-state index in [1.165, 1.54) is 12.1 Å². The number of aromatic hydroxyl groups is 1. The van der Waals surface area contributed by atoms with E-state index in [9.17, 15) is 4.39 Å². The molecule has 17 heavy (non-hydrogen) atoms. The second-order valence-electron chi connectivity index (χ2n) is 3.69. The van der Waals surface area contributed by atoms with Crippen LogP contribution < -0.4 is 5.32 Å². The molecular weight excluding hydrogens is 221 g/mol. The number of benzene rings is 1. The normalized spacial score (nSPS) is 10.5. The standard InChI is InChI=1S/C12H14FN3O/c1-2-16-8-14-6-10(16)7-15-9-3-4-12(17)11(13)5-9/h3-6,8,15,17H,2,7H2,1H3. The SMILES string of the molecule is CCn1cncc1CNc1ccc(O)c(F)c1. The molecule has 0 aliphatic carbocycles. The van der Waals surface area contributed by atoms with Crippen molar-refractivity contribution in [3.63, 3.8) is 0 Å². The summed E-state index contributed by atoms with van der Waals surface area (Å²) in [6.07, 6.45) is 3.53. The lowest BCUT2D eigenvalue weighted by Crippen LogP contribution is -2.06. The summed E-state index contributed by atoms with van der Waals surface area (Å²) >= 11 is 0. The van der Waals surface area contributed by atoms with Crippen LogP contribution in [0.2, 0.25) is 0 Å². The number of halogens is 1. The lowest BCUT2D eigenvalue weighted by atomic mass is 10.3. The van der Waals surface area contributed by atoms with Crippen molar-refractivity contribution in [1.82, 2.24) is 9.55 Å². The number of imidazole rings is 1. The van der Waals surface area contributed by atoms with E-state index in [0.717, 1.165) is 12.2 Å². The Morgan fingerprint density at radius 2 is 2.29 bits per heavy atom. The molecule has 0 aliphatic heterocycles. The molecule has 2 rings (SSSR count). The van der Waals surface area contributed by atoms with Gasteiger partial charge in [0.1, 0.15) is 0 Å². The Kier molecular flexibility index (Phi) is 3.27. The highest BCUT2D eigenvalue weighted by atomic mass is 19.1. The largest absolute Gasteiger partial charge is 0.505 e. The molecule has 1 heterocycles.